The Balaban J connectivity index is 1.63. The average Bonchev–Trinajstić information content (AvgIpc) is 3.01. The number of thioether (sulfide) groups is 1. The molecule has 1 aromatic carbocycles. The summed E-state index contributed by atoms with van der Waals surface area (Å²) in [6.07, 6.45) is 0. The van der Waals surface area contributed by atoms with Crippen molar-refractivity contribution in [3.05, 3.63) is 45.9 Å². The van der Waals surface area contributed by atoms with Crippen molar-refractivity contribution in [3.8, 4) is 0 Å². The van der Waals surface area contributed by atoms with Gasteiger partial charge >= 0.3 is 0 Å². The van der Waals surface area contributed by atoms with Crippen molar-refractivity contribution in [1.82, 2.24) is 15.2 Å². The highest BCUT2D eigenvalue weighted by Crippen LogP contribution is 2.24. The molecule has 0 spiro atoms. The van der Waals surface area contributed by atoms with Gasteiger partial charge in [0.2, 0.25) is 5.91 Å². The maximum Gasteiger partial charge on any atom is 0.254 e. The van der Waals surface area contributed by atoms with Crippen LogP contribution in [0.1, 0.15) is 28.0 Å². The summed E-state index contributed by atoms with van der Waals surface area (Å²) in [5.74, 6) is 0.630. The molecule has 2 amide bonds. The number of hydrogen-bond donors (Lipinski definition) is 1. The largest absolute Gasteiger partial charge is 0.353 e. The van der Waals surface area contributed by atoms with E-state index in [1.165, 1.54) is 0 Å². The van der Waals surface area contributed by atoms with E-state index in [0.717, 1.165) is 21.3 Å². The maximum absolute atomic E-state index is 12.6. The first kappa shape index (κ1) is 17.0. The second kappa shape index (κ2) is 7.36. The summed E-state index contributed by atoms with van der Waals surface area (Å²) in [6.45, 7) is 4.81. The third-order valence-corrected chi connectivity index (χ3v) is 5.78. The zero-order valence-electron chi connectivity index (χ0n) is 13.6. The normalized spacial score (nSPS) is 17.7. The van der Waals surface area contributed by atoms with E-state index in [1.54, 1.807) is 34.9 Å². The number of hydrogen-bond acceptors (Lipinski definition) is 5. The van der Waals surface area contributed by atoms with Gasteiger partial charge in [-0.05, 0) is 38.1 Å². The number of amides is 2. The van der Waals surface area contributed by atoms with Crippen molar-refractivity contribution >= 4 is 34.9 Å². The number of aromatic nitrogens is 1. The molecule has 2 heterocycles. The Hall–Kier alpha value is -1.86. The monoisotopic (exact) mass is 361 g/mol. The van der Waals surface area contributed by atoms with Crippen molar-refractivity contribution in [2.24, 2.45) is 0 Å². The zero-order chi connectivity index (χ0) is 17.1. The lowest BCUT2D eigenvalue weighted by molar-refractivity contribution is -0.127. The van der Waals surface area contributed by atoms with Crippen LogP contribution >= 0.6 is 23.1 Å². The van der Waals surface area contributed by atoms with Crippen LogP contribution in [0.3, 0.4) is 0 Å². The van der Waals surface area contributed by atoms with Gasteiger partial charge in [0.05, 0.1) is 10.7 Å². The van der Waals surface area contributed by atoms with Crippen LogP contribution in [0.2, 0.25) is 0 Å². The molecule has 0 saturated carbocycles. The van der Waals surface area contributed by atoms with Gasteiger partial charge in [0.25, 0.3) is 5.91 Å². The zero-order valence-corrected chi connectivity index (χ0v) is 15.2. The molecule has 3 rings (SSSR count). The first-order valence-corrected chi connectivity index (χ1v) is 9.63. The Morgan fingerprint density at radius 1 is 1.42 bits per heavy atom. The topological polar surface area (TPSA) is 62.3 Å². The van der Waals surface area contributed by atoms with Crippen molar-refractivity contribution in [2.75, 3.05) is 13.1 Å². The third-order valence-electron chi connectivity index (χ3n) is 3.91. The lowest BCUT2D eigenvalue weighted by Gasteiger charge is -2.32. The Morgan fingerprint density at radius 3 is 2.83 bits per heavy atom. The minimum Gasteiger partial charge on any atom is -0.353 e. The number of carbonyl (C=O) groups excluding carboxylic acids is 2. The summed E-state index contributed by atoms with van der Waals surface area (Å²) in [5, 5.41) is 5.92. The van der Waals surface area contributed by atoms with Gasteiger partial charge in [-0.3, -0.25) is 9.59 Å². The van der Waals surface area contributed by atoms with Crippen molar-refractivity contribution in [2.45, 2.75) is 30.5 Å². The summed E-state index contributed by atoms with van der Waals surface area (Å²) >= 11 is 3.35. The van der Waals surface area contributed by atoms with Crippen LogP contribution in [0.15, 0.2) is 34.5 Å². The average molecular weight is 361 g/mol. The molecule has 1 N–H and O–H groups in total. The number of nitrogens with one attached hydrogen (secondary N) is 1. The molecule has 0 bridgehead atoms. The predicted molar refractivity (Wildman–Crippen MR) is 96.4 cm³/mol. The van der Waals surface area contributed by atoms with Gasteiger partial charge in [-0.2, -0.15) is 0 Å². The van der Waals surface area contributed by atoms with Crippen LogP contribution in [0.25, 0.3) is 0 Å². The van der Waals surface area contributed by atoms with Crippen LogP contribution in [0.5, 0.6) is 0 Å². The molecular weight excluding hydrogens is 342 g/mol. The van der Waals surface area contributed by atoms with Crippen LogP contribution < -0.4 is 5.32 Å². The number of rotatable bonds is 4. The molecule has 1 unspecified atom stereocenters. The van der Waals surface area contributed by atoms with Crippen LogP contribution in [-0.4, -0.2) is 40.8 Å². The Bertz CT molecular complexity index is 743. The fourth-order valence-electron chi connectivity index (χ4n) is 2.55. The third kappa shape index (κ3) is 3.79. The smallest absolute Gasteiger partial charge is 0.254 e. The van der Waals surface area contributed by atoms with Gasteiger partial charge in [-0.15, -0.1) is 23.1 Å². The summed E-state index contributed by atoms with van der Waals surface area (Å²) in [6, 6.07) is 7.14. The number of piperazine rings is 1. The molecule has 24 heavy (non-hydrogen) atoms. The Labute approximate surface area is 149 Å². The number of aryl methyl sites for hydroxylation is 1. The van der Waals surface area contributed by atoms with Gasteiger partial charge in [0.1, 0.15) is 6.04 Å². The van der Waals surface area contributed by atoms with Gasteiger partial charge in [0.15, 0.2) is 0 Å². The van der Waals surface area contributed by atoms with E-state index in [0.29, 0.717) is 18.7 Å². The first-order valence-electron chi connectivity index (χ1n) is 7.77. The van der Waals surface area contributed by atoms with Gasteiger partial charge in [-0.1, -0.05) is 0 Å². The second-order valence-electron chi connectivity index (χ2n) is 5.64. The molecule has 1 aliphatic heterocycles. The number of benzene rings is 1. The second-order valence-corrected chi connectivity index (χ2v) is 7.75. The fraction of sp³-hybridized carbons (Fsp3) is 0.353. The Kier molecular flexibility index (Phi) is 5.20. The molecule has 1 aromatic heterocycles. The summed E-state index contributed by atoms with van der Waals surface area (Å²) < 4.78 is 0. The van der Waals surface area contributed by atoms with Crippen LogP contribution in [0.4, 0.5) is 0 Å². The molecule has 126 valence electrons. The molecule has 1 aliphatic rings. The quantitative estimate of drug-likeness (QED) is 0.851. The highest BCUT2D eigenvalue weighted by molar-refractivity contribution is 7.98. The molecule has 0 radical (unpaired) electrons. The van der Waals surface area contributed by atoms with Crippen molar-refractivity contribution < 1.29 is 9.59 Å². The van der Waals surface area contributed by atoms with Crippen LogP contribution in [-0.2, 0) is 10.5 Å². The first-order chi connectivity index (χ1) is 11.5. The van der Waals surface area contributed by atoms with Crippen molar-refractivity contribution in [1.29, 1.82) is 0 Å². The summed E-state index contributed by atoms with van der Waals surface area (Å²) in [5.41, 5.74) is 1.70. The van der Waals surface area contributed by atoms with E-state index in [9.17, 15) is 9.59 Å². The van der Waals surface area contributed by atoms with E-state index >= 15 is 0 Å². The lowest BCUT2D eigenvalue weighted by atomic mass is 10.1. The Morgan fingerprint density at radius 2 is 2.17 bits per heavy atom. The molecule has 2 aromatic rings. The maximum atomic E-state index is 12.6. The highest BCUT2D eigenvalue weighted by atomic mass is 32.2. The number of thiazole rings is 1. The van der Waals surface area contributed by atoms with E-state index in [1.807, 2.05) is 31.2 Å². The van der Waals surface area contributed by atoms with E-state index in [-0.39, 0.29) is 11.8 Å². The highest BCUT2D eigenvalue weighted by Gasteiger charge is 2.29. The van der Waals surface area contributed by atoms with Gasteiger partial charge in [0, 0.05) is 34.7 Å². The minimum absolute atomic E-state index is 0.0935. The molecule has 7 heteroatoms. The SMILES string of the molecule is Cc1nc(CSc2ccc(C(=O)N3CCNC(=O)C3C)cc2)cs1. The lowest BCUT2D eigenvalue weighted by Crippen LogP contribution is -2.55. The van der Waals surface area contributed by atoms with Crippen molar-refractivity contribution in [3.63, 3.8) is 0 Å². The summed E-state index contributed by atoms with van der Waals surface area (Å²) in [4.78, 5) is 31.5. The fourth-order valence-corrected chi connectivity index (χ4v) is 4.06. The molecule has 1 atom stereocenters. The molecular formula is C17H19N3O2S2. The van der Waals surface area contributed by atoms with Gasteiger partial charge < -0.3 is 10.2 Å². The molecule has 0 aliphatic carbocycles. The summed E-state index contributed by atoms with van der Waals surface area (Å²) in [7, 11) is 0. The molecule has 1 saturated heterocycles. The van der Waals surface area contributed by atoms with E-state index in [2.05, 4.69) is 15.7 Å². The molecule has 1 fully saturated rings. The number of carbonyl (C=O) groups is 2. The van der Waals surface area contributed by atoms with Crippen LogP contribution in [0, 0.1) is 6.92 Å². The number of nitrogens with zero attached hydrogens (tertiary/aromatic N) is 2. The van der Waals surface area contributed by atoms with E-state index in [4.69, 9.17) is 0 Å². The molecule has 5 nitrogen and oxygen atoms in total. The predicted octanol–water partition coefficient (Wildman–Crippen LogP) is 2.70. The minimum atomic E-state index is -0.423. The van der Waals surface area contributed by atoms with E-state index < -0.39 is 6.04 Å². The standard InChI is InChI=1S/C17H19N3O2S2/c1-11-16(21)18-7-8-20(11)17(22)13-3-5-15(6-4-13)24-10-14-9-23-12(2)19-14/h3-6,9,11H,7-8,10H2,1-2H3,(H,18,21). The van der Waals surface area contributed by atoms with Gasteiger partial charge in [-0.25, -0.2) is 4.98 Å².